The van der Waals surface area contributed by atoms with Crippen LogP contribution in [0.5, 0.6) is 0 Å². The third kappa shape index (κ3) is 4.74. The van der Waals surface area contributed by atoms with Crippen LogP contribution in [0.4, 0.5) is 5.95 Å². The van der Waals surface area contributed by atoms with Gasteiger partial charge in [-0.15, -0.1) is 10.2 Å². The highest BCUT2D eigenvalue weighted by molar-refractivity contribution is 7.99. The van der Waals surface area contributed by atoms with Crippen LogP contribution >= 0.6 is 11.8 Å². The fourth-order valence-corrected chi connectivity index (χ4v) is 2.34. The minimum atomic E-state index is -0.842. The van der Waals surface area contributed by atoms with Gasteiger partial charge in [0.15, 0.2) is 5.16 Å². The van der Waals surface area contributed by atoms with Crippen molar-refractivity contribution < 1.29 is 9.90 Å². The van der Waals surface area contributed by atoms with Gasteiger partial charge in [-0.05, 0) is 19.3 Å². The Hall–Kier alpha value is -1.24. The maximum Gasteiger partial charge on any atom is 0.313 e. The molecule has 0 atom stereocenters. The van der Waals surface area contributed by atoms with E-state index in [-0.39, 0.29) is 5.75 Å². The first-order chi connectivity index (χ1) is 8.95. The second-order valence-electron chi connectivity index (χ2n) is 4.81. The molecule has 0 saturated heterocycles. The predicted molar refractivity (Wildman–Crippen MR) is 76.8 cm³/mol. The highest BCUT2D eigenvalue weighted by Gasteiger charge is 2.15. The number of aromatic nitrogens is 3. The maximum atomic E-state index is 10.6. The molecule has 1 N–H and O–H groups in total. The van der Waals surface area contributed by atoms with Crippen LogP contribution in [0, 0.1) is 5.92 Å². The quantitative estimate of drug-likeness (QED) is 0.737. The smallest absolute Gasteiger partial charge is 0.313 e. The van der Waals surface area contributed by atoms with E-state index in [2.05, 4.69) is 28.9 Å². The molecule has 0 unspecified atom stereocenters. The fourth-order valence-electron chi connectivity index (χ4n) is 1.63. The van der Waals surface area contributed by atoms with Gasteiger partial charge < -0.3 is 10.0 Å². The van der Waals surface area contributed by atoms with Gasteiger partial charge >= 0.3 is 5.97 Å². The predicted octanol–water partition coefficient (Wildman–Crippen LogP) is 1.96. The molecule has 0 radical (unpaired) electrons. The molecule has 0 aliphatic rings. The molecular formula is C12H22N4O2S. The molecule has 0 aliphatic carbocycles. The zero-order chi connectivity index (χ0) is 14.4. The van der Waals surface area contributed by atoms with Crippen molar-refractivity contribution in [2.24, 2.45) is 5.92 Å². The van der Waals surface area contributed by atoms with Gasteiger partial charge in [0.25, 0.3) is 0 Å². The van der Waals surface area contributed by atoms with E-state index in [4.69, 9.17) is 5.11 Å². The Kier molecular flexibility index (Phi) is 6.14. The van der Waals surface area contributed by atoms with Crippen molar-refractivity contribution >= 4 is 23.7 Å². The lowest BCUT2D eigenvalue weighted by Gasteiger charge is -2.19. The van der Waals surface area contributed by atoms with E-state index < -0.39 is 5.97 Å². The molecule has 1 aromatic rings. The Balaban J connectivity index is 2.75. The van der Waals surface area contributed by atoms with Crippen LogP contribution in [0.1, 0.15) is 27.2 Å². The van der Waals surface area contributed by atoms with Gasteiger partial charge in [0, 0.05) is 20.1 Å². The number of hydrogen-bond donors (Lipinski definition) is 1. The van der Waals surface area contributed by atoms with E-state index in [0.29, 0.717) is 11.1 Å². The summed E-state index contributed by atoms with van der Waals surface area (Å²) in [5.41, 5.74) is 0. The van der Waals surface area contributed by atoms with E-state index >= 15 is 0 Å². The van der Waals surface area contributed by atoms with E-state index in [0.717, 1.165) is 25.5 Å². The van der Waals surface area contributed by atoms with Gasteiger partial charge in [0.2, 0.25) is 5.95 Å². The van der Waals surface area contributed by atoms with E-state index in [1.165, 1.54) is 11.8 Å². The number of aliphatic carboxylic acids is 1. The van der Waals surface area contributed by atoms with Crippen molar-refractivity contribution in [1.82, 2.24) is 14.8 Å². The van der Waals surface area contributed by atoms with Crippen molar-refractivity contribution in [2.75, 3.05) is 24.2 Å². The molecule has 0 aromatic carbocycles. The minimum Gasteiger partial charge on any atom is -0.481 e. The van der Waals surface area contributed by atoms with Crippen LogP contribution in [0.25, 0.3) is 0 Å². The van der Waals surface area contributed by atoms with Gasteiger partial charge in [-0.25, -0.2) is 0 Å². The summed E-state index contributed by atoms with van der Waals surface area (Å²) in [6.07, 6.45) is 1.09. The Morgan fingerprint density at radius 1 is 1.47 bits per heavy atom. The summed E-state index contributed by atoms with van der Waals surface area (Å²) in [5.74, 6) is 0.608. The molecule has 6 nitrogen and oxygen atoms in total. The van der Waals surface area contributed by atoms with Crippen molar-refractivity contribution in [3.05, 3.63) is 0 Å². The average Bonchev–Trinajstić information content (AvgIpc) is 2.76. The molecular weight excluding hydrogens is 264 g/mol. The topological polar surface area (TPSA) is 71.2 Å². The first-order valence-electron chi connectivity index (χ1n) is 6.44. The lowest BCUT2D eigenvalue weighted by Crippen LogP contribution is -2.23. The first-order valence-corrected chi connectivity index (χ1v) is 7.43. The maximum absolute atomic E-state index is 10.6. The number of nitrogens with zero attached hydrogens (tertiary/aromatic N) is 4. The third-order valence-corrected chi connectivity index (χ3v) is 3.67. The molecule has 0 fully saturated rings. The molecule has 0 amide bonds. The molecule has 0 bridgehead atoms. The zero-order valence-corrected chi connectivity index (χ0v) is 12.8. The molecule has 0 spiro atoms. The summed E-state index contributed by atoms with van der Waals surface area (Å²) in [6, 6.07) is 0. The molecule has 1 heterocycles. The summed E-state index contributed by atoms with van der Waals surface area (Å²) in [5, 5.41) is 17.6. The second-order valence-corrected chi connectivity index (χ2v) is 5.76. The average molecular weight is 286 g/mol. The highest BCUT2D eigenvalue weighted by Crippen LogP contribution is 2.21. The SMILES string of the molecule is CCn1c(SCC(=O)O)nnc1N(C)CCC(C)C. The molecule has 19 heavy (non-hydrogen) atoms. The summed E-state index contributed by atoms with van der Waals surface area (Å²) in [4.78, 5) is 12.7. The number of carboxylic acid groups (broad SMARTS) is 1. The van der Waals surface area contributed by atoms with Crippen LogP contribution in [0.15, 0.2) is 5.16 Å². The van der Waals surface area contributed by atoms with Crippen molar-refractivity contribution in [3.8, 4) is 0 Å². The van der Waals surface area contributed by atoms with Crippen molar-refractivity contribution in [2.45, 2.75) is 38.9 Å². The number of hydrogen-bond acceptors (Lipinski definition) is 5. The van der Waals surface area contributed by atoms with Gasteiger partial charge in [-0.3, -0.25) is 9.36 Å². The number of rotatable bonds is 8. The van der Waals surface area contributed by atoms with Crippen LogP contribution in [-0.4, -0.2) is 45.2 Å². The molecule has 0 saturated carbocycles. The summed E-state index contributed by atoms with van der Waals surface area (Å²) < 4.78 is 1.95. The molecule has 0 aliphatic heterocycles. The van der Waals surface area contributed by atoms with Crippen LogP contribution in [-0.2, 0) is 11.3 Å². The number of carbonyl (C=O) groups is 1. The van der Waals surface area contributed by atoms with E-state index in [9.17, 15) is 4.79 Å². The van der Waals surface area contributed by atoms with Gasteiger partial charge in [-0.1, -0.05) is 25.6 Å². The number of thioether (sulfide) groups is 1. The lowest BCUT2D eigenvalue weighted by molar-refractivity contribution is -0.133. The fraction of sp³-hybridized carbons (Fsp3) is 0.750. The second kappa shape index (κ2) is 7.37. The van der Waals surface area contributed by atoms with Crippen molar-refractivity contribution in [1.29, 1.82) is 0 Å². The summed E-state index contributed by atoms with van der Waals surface area (Å²) in [7, 11) is 1.99. The molecule has 108 valence electrons. The highest BCUT2D eigenvalue weighted by atomic mass is 32.2. The molecule has 1 aromatic heterocycles. The van der Waals surface area contributed by atoms with Crippen LogP contribution in [0.3, 0.4) is 0 Å². The van der Waals surface area contributed by atoms with Gasteiger partial charge in [0.1, 0.15) is 0 Å². The van der Waals surface area contributed by atoms with Crippen molar-refractivity contribution in [3.63, 3.8) is 0 Å². The Morgan fingerprint density at radius 2 is 2.16 bits per heavy atom. The normalized spacial score (nSPS) is 11.0. The monoisotopic (exact) mass is 286 g/mol. The Morgan fingerprint density at radius 3 is 2.68 bits per heavy atom. The first kappa shape index (κ1) is 15.8. The Bertz CT molecular complexity index is 420. The van der Waals surface area contributed by atoms with Crippen LogP contribution < -0.4 is 4.90 Å². The third-order valence-electron chi connectivity index (χ3n) is 2.72. The molecule has 7 heteroatoms. The summed E-state index contributed by atoms with van der Waals surface area (Å²) in [6.45, 7) is 8.03. The largest absolute Gasteiger partial charge is 0.481 e. The lowest BCUT2D eigenvalue weighted by atomic mass is 10.1. The van der Waals surface area contributed by atoms with Crippen LogP contribution in [0.2, 0.25) is 0 Å². The number of anilines is 1. The standard InChI is InChI=1S/C12H22N4O2S/c1-5-16-11(15(4)7-6-9(2)3)13-14-12(16)19-8-10(17)18/h9H,5-8H2,1-4H3,(H,17,18). The van der Waals surface area contributed by atoms with Gasteiger partial charge in [-0.2, -0.15) is 0 Å². The summed E-state index contributed by atoms with van der Waals surface area (Å²) >= 11 is 1.21. The van der Waals surface area contributed by atoms with E-state index in [1.54, 1.807) is 0 Å². The number of carboxylic acids is 1. The minimum absolute atomic E-state index is 0.00778. The van der Waals surface area contributed by atoms with Gasteiger partial charge in [0.05, 0.1) is 5.75 Å². The molecule has 1 rings (SSSR count). The zero-order valence-electron chi connectivity index (χ0n) is 12.0. The van der Waals surface area contributed by atoms with E-state index in [1.807, 2.05) is 18.5 Å². The Labute approximate surface area is 118 Å².